The Balaban J connectivity index is 1.78. The minimum atomic E-state index is -0.441. The monoisotopic (exact) mass is 256 g/mol. The molecule has 0 heterocycles. The third-order valence-corrected chi connectivity index (χ3v) is 3.32. The van der Waals surface area contributed by atoms with Crippen LogP contribution in [0.4, 0.5) is 0 Å². The fraction of sp³-hybridized carbons (Fsp3) is 0.294. The molecule has 0 fully saturated rings. The van der Waals surface area contributed by atoms with Crippen molar-refractivity contribution in [1.29, 1.82) is 0 Å². The zero-order valence-corrected chi connectivity index (χ0v) is 10.9. The van der Waals surface area contributed by atoms with Crippen LogP contribution in [0.25, 0.3) is 0 Å². The highest BCUT2D eigenvalue weighted by Crippen LogP contribution is 2.23. The quantitative estimate of drug-likeness (QED) is 0.828. The second-order valence-corrected chi connectivity index (χ2v) is 4.78. The van der Waals surface area contributed by atoms with Crippen LogP contribution in [-0.4, -0.2) is 10.2 Å². The first kappa shape index (κ1) is 13.8. The molecule has 19 heavy (non-hydrogen) atoms. The van der Waals surface area contributed by atoms with Crippen molar-refractivity contribution in [1.82, 2.24) is 0 Å². The first-order chi connectivity index (χ1) is 9.27. The van der Waals surface area contributed by atoms with Crippen LogP contribution in [0, 0.1) is 0 Å². The maximum Gasteiger partial charge on any atom is 0.0790 e. The van der Waals surface area contributed by atoms with Gasteiger partial charge in [0.05, 0.1) is 12.2 Å². The molecule has 0 amide bonds. The molecule has 0 aliphatic carbocycles. The maximum atomic E-state index is 10.0. The molecule has 2 nitrogen and oxygen atoms in total. The van der Waals surface area contributed by atoms with Crippen LogP contribution in [0.15, 0.2) is 60.7 Å². The standard InChI is InChI=1S/C17H20O2/c18-16(14-8-3-1-4-9-14)12-7-13-17(19)15-10-5-2-6-11-15/h1-6,8-11,16-19H,7,12-13H2/t16-,17?/m1/s1. The zero-order chi connectivity index (χ0) is 13.5. The molecule has 1 unspecified atom stereocenters. The summed E-state index contributed by atoms with van der Waals surface area (Å²) in [7, 11) is 0. The molecule has 2 aromatic carbocycles. The molecular formula is C17H20O2. The minimum Gasteiger partial charge on any atom is -0.388 e. The van der Waals surface area contributed by atoms with E-state index in [4.69, 9.17) is 0 Å². The van der Waals surface area contributed by atoms with Crippen LogP contribution in [0.1, 0.15) is 42.6 Å². The first-order valence-corrected chi connectivity index (χ1v) is 6.73. The van der Waals surface area contributed by atoms with Gasteiger partial charge in [-0.25, -0.2) is 0 Å². The van der Waals surface area contributed by atoms with Crippen molar-refractivity contribution < 1.29 is 10.2 Å². The Kier molecular flexibility index (Phi) is 5.13. The van der Waals surface area contributed by atoms with Crippen molar-refractivity contribution in [2.45, 2.75) is 31.5 Å². The highest BCUT2D eigenvalue weighted by atomic mass is 16.3. The molecule has 0 radical (unpaired) electrons. The van der Waals surface area contributed by atoms with E-state index in [9.17, 15) is 10.2 Å². The highest BCUT2D eigenvalue weighted by molar-refractivity contribution is 5.18. The average Bonchev–Trinajstić information content (AvgIpc) is 2.49. The number of aliphatic hydroxyl groups excluding tert-OH is 2. The SMILES string of the molecule is OC(CCC[C@@H](O)c1ccccc1)c1ccccc1. The van der Waals surface area contributed by atoms with E-state index in [1.54, 1.807) is 0 Å². The Labute approximate surface area is 114 Å². The lowest BCUT2D eigenvalue weighted by Gasteiger charge is -2.13. The van der Waals surface area contributed by atoms with Crippen LogP contribution in [-0.2, 0) is 0 Å². The Morgan fingerprint density at radius 1 is 0.632 bits per heavy atom. The molecule has 0 saturated carbocycles. The van der Waals surface area contributed by atoms with Crippen molar-refractivity contribution in [3.63, 3.8) is 0 Å². The molecule has 2 atom stereocenters. The molecule has 2 heteroatoms. The molecule has 2 aromatic rings. The molecule has 0 bridgehead atoms. The summed E-state index contributed by atoms with van der Waals surface area (Å²) in [4.78, 5) is 0. The summed E-state index contributed by atoms with van der Waals surface area (Å²) in [6.45, 7) is 0. The summed E-state index contributed by atoms with van der Waals surface area (Å²) in [6.07, 6.45) is 1.27. The maximum absolute atomic E-state index is 10.0. The average molecular weight is 256 g/mol. The van der Waals surface area contributed by atoms with Gasteiger partial charge in [0.25, 0.3) is 0 Å². The van der Waals surface area contributed by atoms with Crippen LogP contribution in [0.2, 0.25) is 0 Å². The molecule has 0 aromatic heterocycles. The summed E-state index contributed by atoms with van der Waals surface area (Å²) in [5, 5.41) is 20.0. The molecule has 100 valence electrons. The fourth-order valence-electron chi connectivity index (χ4n) is 2.19. The topological polar surface area (TPSA) is 40.5 Å². The summed E-state index contributed by atoms with van der Waals surface area (Å²) >= 11 is 0. The summed E-state index contributed by atoms with van der Waals surface area (Å²) in [5.41, 5.74) is 1.88. The number of aliphatic hydroxyl groups is 2. The normalized spacial score (nSPS) is 14.0. The van der Waals surface area contributed by atoms with E-state index in [2.05, 4.69) is 0 Å². The first-order valence-electron chi connectivity index (χ1n) is 6.73. The Bertz CT molecular complexity index is 422. The van der Waals surface area contributed by atoms with Gasteiger partial charge in [0.2, 0.25) is 0 Å². The lowest BCUT2D eigenvalue weighted by molar-refractivity contribution is 0.135. The van der Waals surface area contributed by atoms with E-state index in [-0.39, 0.29) is 0 Å². The van der Waals surface area contributed by atoms with Gasteiger partial charge in [0.1, 0.15) is 0 Å². The second-order valence-electron chi connectivity index (χ2n) is 4.78. The van der Waals surface area contributed by atoms with Crippen molar-refractivity contribution in [2.75, 3.05) is 0 Å². The number of hydrogen-bond acceptors (Lipinski definition) is 2. The van der Waals surface area contributed by atoms with Gasteiger partial charge in [-0.15, -0.1) is 0 Å². The molecule has 2 rings (SSSR count). The highest BCUT2D eigenvalue weighted by Gasteiger charge is 2.10. The van der Waals surface area contributed by atoms with Gasteiger partial charge in [-0.05, 0) is 30.4 Å². The third-order valence-electron chi connectivity index (χ3n) is 3.32. The smallest absolute Gasteiger partial charge is 0.0790 e. The van der Waals surface area contributed by atoms with Gasteiger partial charge in [0, 0.05) is 0 Å². The zero-order valence-electron chi connectivity index (χ0n) is 10.9. The third kappa shape index (κ3) is 4.19. The molecule has 2 N–H and O–H groups in total. The Hall–Kier alpha value is -1.64. The fourth-order valence-corrected chi connectivity index (χ4v) is 2.19. The van der Waals surface area contributed by atoms with Gasteiger partial charge in [-0.3, -0.25) is 0 Å². The van der Waals surface area contributed by atoms with Gasteiger partial charge >= 0.3 is 0 Å². The van der Waals surface area contributed by atoms with Gasteiger partial charge in [0.15, 0.2) is 0 Å². The second kappa shape index (κ2) is 7.07. The molecule has 0 aliphatic heterocycles. The van der Waals surface area contributed by atoms with E-state index >= 15 is 0 Å². The largest absolute Gasteiger partial charge is 0.388 e. The van der Waals surface area contributed by atoms with Crippen molar-refractivity contribution >= 4 is 0 Å². The minimum absolute atomic E-state index is 0.441. The molecular weight excluding hydrogens is 236 g/mol. The van der Waals surface area contributed by atoms with Crippen molar-refractivity contribution in [2.24, 2.45) is 0 Å². The lowest BCUT2D eigenvalue weighted by Crippen LogP contribution is -2.01. The van der Waals surface area contributed by atoms with E-state index in [0.717, 1.165) is 17.5 Å². The van der Waals surface area contributed by atoms with E-state index in [1.165, 1.54) is 0 Å². The summed E-state index contributed by atoms with van der Waals surface area (Å²) in [5.74, 6) is 0. The van der Waals surface area contributed by atoms with E-state index < -0.39 is 12.2 Å². The van der Waals surface area contributed by atoms with Gasteiger partial charge in [-0.2, -0.15) is 0 Å². The Morgan fingerprint density at radius 2 is 1.00 bits per heavy atom. The van der Waals surface area contributed by atoms with Crippen LogP contribution >= 0.6 is 0 Å². The van der Waals surface area contributed by atoms with Gasteiger partial charge < -0.3 is 10.2 Å². The molecule has 0 spiro atoms. The predicted octanol–water partition coefficient (Wildman–Crippen LogP) is 3.62. The van der Waals surface area contributed by atoms with Crippen molar-refractivity contribution in [3.05, 3.63) is 71.8 Å². The van der Waals surface area contributed by atoms with E-state index in [0.29, 0.717) is 12.8 Å². The number of benzene rings is 2. The van der Waals surface area contributed by atoms with Crippen LogP contribution < -0.4 is 0 Å². The van der Waals surface area contributed by atoms with Crippen LogP contribution in [0.3, 0.4) is 0 Å². The Morgan fingerprint density at radius 3 is 1.37 bits per heavy atom. The number of hydrogen-bond donors (Lipinski definition) is 2. The van der Waals surface area contributed by atoms with Crippen molar-refractivity contribution in [3.8, 4) is 0 Å². The van der Waals surface area contributed by atoms with Crippen LogP contribution in [0.5, 0.6) is 0 Å². The predicted molar refractivity (Wildman–Crippen MR) is 76.7 cm³/mol. The van der Waals surface area contributed by atoms with Gasteiger partial charge in [-0.1, -0.05) is 60.7 Å². The number of rotatable bonds is 6. The molecule has 0 aliphatic rings. The summed E-state index contributed by atoms with van der Waals surface area (Å²) < 4.78 is 0. The summed E-state index contributed by atoms with van der Waals surface area (Å²) in [6, 6.07) is 19.3. The lowest BCUT2D eigenvalue weighted by atomic mass is 10.00. The van der Waals surface area contributed by atoms with E-state index in [1.807, 2.05) is 60.7 Å². The molecule has 0 saturated heterocycles.